The third-order valence-corrected chi connectivity index (χ3v) is 6.20. The fraction of sp³-hybridized carbons (Fsp3) is 0.250. The summed E-state index contributed by atoms with van der Waals surface area (Å²) in [6.07, 6.45) is -1.78. The van der Waals surface area contributed by atoms with Crippen LogP contribution in [0.3, 0.4) is 0 Å². The largest absolute Gasteiger partial charge is 0.480 e. The number of aromatic nitrogens is 2. The van der Waals surface area contributed by atoms with Gasteiger partial charge >= 0.3 is 12.1 Å². The molecule has 11 heteroatoms. The number of nitrogens with zero attached hydrogens (tertiary/aromatic N) is 2. The highest BCUT2D eigenvalue weighted by Crippen LogP contribution is 2.44. The molecule has 9 nitrogen and oxygen atoms in total. The molecule has 1 aliphatic heterocycles. The molecule has 0 spiro atoms. The number of carboxylic acid groups (broad SMARTS) is 1. The number of rotatable bonds is 5. The molecule has 1 unspecified atom stereocenters. The minimum absolute atomic E-state index is 0.0663. The second-order valence-corrected chi connectivity index (χ2v) is 8.46. The second kappa shape index (κ2) is 8.49. The molecule has 2 amide bonds. The van der Waals surface area contributed by atoms with E-state index >= 15 is 0 Å². The predicted molar refractivity (Wildman–Crippen MR) is 119 cm³/mol. The number of halogens is 2. The van der Waals surface area contributed by atoms with E-state index in [1.165, 1.54) is 0 Å². The van der Waals surface area contributed by atoms with Crippen LogP contribution in [0.2, 0.25) is 0 Å². The lowest BCUT2D eigenvalue weighted by Gasteiger charge is -2.19. The number of benzene rings is 2. The van der Waals surface area contributed by atoms with Gasteiger partial charge in [0.1, 0.15) is 18.3 Å². The molecule has 1 atom stereocenters. The number of carbonyl (C=O) groups is 3. The van der Waals surface area contributed by atoms with Gasteiger partial charge in [-0.15, -0.1) is 0 Å². The Morgan fingerprint density at radius 3 is 2.37 bits per heavy atom. The first kappa shape index (κ1) is 22.5. The number of aliphatic carboxylic acids is 1. The predicted octanol–water partition coefficient (Wildman–Crippen LogP) is 3.71. The molecule has 1 saturated heterocycles. The van der Waals surface area contributed by atoms with Crippen LogP contribution in [-0.4, -0.2) is 63.3 Å². The monoisotopic (exact) mass is 482 g/mol. The molecule has 2 aliphatic rings. The Morgan fingerprint density at radius 1 is 1.11 bits per heavy atom. The van der Waals surface area contributed by atoms with E-state index in [2.05, 4.69) is 15.5 Å². The number of nitrogens with one attached hydrogen (secondary N) is 2. The molecular weight excluding hydrogens is 462 g/mol. The normalized spacial score (nSPS) is 18.1. The molecule has 180 valence electrons. The maximum atomic E-state index is 13.7. The molecule has 3 N–H and O–H groups in total. The molecule has 2 aromatic carbocycles. The minimum atomic E-state index is -3.30. The zero-order valence-corrected chi connectivity index (χ0v) is 18.2. The van der Waals surface area contributed by atoms with Gasteiger partial charge in [0, 0.05) is 18.4 Å². The third-order valence-electron chi connectivity index (χ3n) is 6.20. The Bertz CT molecular complexity index is 1280. The third kappa shape index (κ3) is 4.20. The number of amides is 2. The van der Waals surface area contributed by atoms with Crippen LogP contribution >= 0.6 is 0 Å². The van der Waals surface area contributed by atoms with Crippen molar-refractivity contribution in [1.82, 2.24) is 15.1 Å². The first-order chi connectivity index (χ1) is 16.7. The van der Waals surface area contributed by atoms with Gasteiger partial charge in [0.05, 0.1) is 6.54 Å². The van der Waals surface area contributed by atoms with Gasteiger partial charge in [-0.2, -0.15) is 5.10 Å². The zero-order valence-electron chi connectivity index (χ0n) is 18.2. The van der Waals surface area contributed by atoms with Crippen LogP contribution in [0, 0.1) is 0 Å². The van der Waals surface area contributed by atoms with E-state index in [1.54, 1.807) is 0 Å². The van der Waals surface area contributed by atoms with Crippen LogP contribution in [-0.2, 0) is 9.53 Å². The molecule has 1 aliphatic carbocycles. The van der Waals surface area contributed by atoms with Crippen molar-refractivity contribution in [2.75, 3.05) is 18.5 Å². The van der Waals surface area contributed by atoms with E-state index in [1.807, 2.05) is 48.5 Å². The Balaban J connectivity index is 1.23. The highest BCUT2D eigenvalue weighted by molar-refractivity contribution is 5.97. The van der Waals surface area contributed by atoms with Crippen LogP contribution in [0.4, 0.5) is 19.4 Å². The van der Waals surface area contributed by atoms with Crippen LogP contribution in [0.15, 0.2) is 54.6 Å². The number of likely N-dealkylation sites (tertiary alicyclic amines) is 1. The van der Waals surface area contributed by atoms with Gasteiger partial charge in [0.15, 0.2) is 5.82 Å². The number of aromatic amines is 1. The Morgan fingerprint density at radius 2 is 1.74 bits per heavy atom. The lowest BCUT2D eigenvalue weighted by molar-refractivity contribution is -0.141. The average molecular weight is 482 g/mol. The fourth-order valence-corrected chi connectivity index (χ4v) is 4.64. The van der Waals surface area contributed by atoms with Gasteiger partial charge in [0.2, 0.25) is 0 Å². The Hall–Kier alpha value is -4.28. The van der Waals surface area contributed by atoms with Crippen molar-refractivity contribution in [3.63, 3.8) is 0 Å². The minimum Gasteiger partial charge on any atom is -0.480 e. The molecule has 3 aromatic rings. The van der Waals surface area contributed by atoms with Crippen molar-refractivity contribution in [3.8, 4) is 11.1 Å². The second-order valence-electron chi connectivity index (χ2n) is 8.46. The highest BCUT2D eigenvalue weighted by atomic mass is 19.3. The van der Waals surface area contributed by atoms with Crippen molar-refractivity contribution in [3.05, 3.63) is 71.4 Å². The summed E-state index contributed by atoms with van der Waals surface area (Å²) >= 11 is 0. The van der Waals surface area contributed by atoms with E-state index in [-0.39, 0.29) is 24.0 Å². The van der Waals surface area contributed by atoms with Crippen molar-refractivity contribution in [2.45, 2.75) is 24.3 Å². The fourth-order valence-electron chi connectivity index (χ4n) is 4.64. The topological polar surface area (TPSA) is 125 Å². The van der Waals surface area contributed by atoms with E-state index in [0.717, 1.165) is 28.3 Å². The summed E-state index contributed by atoms with van der Waals surface area (Å²) in [6, 6.07) is 15.2. The quantitative estimate of drug-likeness (QED) is 0.509. The molecular formula is C24H20F2N4O5. The molecule has 2 heterocycles. The van der Waals surface area contributed by atoms with Crippen LogP contribution in [0.5, 0.6) is 0 Å². The maximum Gasteiger partial charge on any atom is 0.412 e. The first-order valence-corrected chi connectivity index (χ1v) is 10.8. The van der Waals surface area contributed by atoms with Crippen molar-refractivity contribution >= 4 is 23.8 Å². The molecule has 35 heavy (non-hydrogen) atoms. The number of hydrogen-bond acceptors (Lipinski definition) is 5. The lowest BCUT2D eigenvalue weighted by Crippen LogP contribution is -2.40. The van der Waals surface area contributed by atoms with E-state index < -0.39 is 42.9 Å². The summed E-state index contributed by atoms with van der Waals surface area (Å²) in [4.78, 5) is 36.9. The first-order valence-electron chi connectivity index (χ1n) is 10.8. The highest BCUT2D eigenvalue weighted by Gasteiger charge is 2.50. The summed E-state index contributed by atoms with van der Waals surface area (Å²) in [7, 11) is 0. The number of hydrogen-bond donors (Lipinski definition) is 3. The average Bonchev–Trinajstić information content (AvgIpc) is 3.51. The standard InChI is InChI=1S/C24H20F2N4O5/c25-24(26)10-19(22(32)33)30(12-24)21(31)18-9-20(29-28-18)27-23(34)35-11-17-15-7-3-1-5-13(15)14-6-2-4-8-16(14)17/h1-9,17,19H,10-12H2,(H,32,33)(H2,27,28,29,34). The van der Waals surface area contributed by atoms with E-state index in [4.69, 9.17) is 4.74 Å². The molecule has 5 rings (SSSR count). The number of carbonyl (C=O) groups excluding carboxylic acids is 2. The molecule has 1 fully saturated rings. The van der Waals surface area contributed by atoms with Crippen LogP contribution in [0.1, 0.15) is 34.0 Å². The molecule has 0 radical (unpaired) electrons. The summed E-state index contributed by atoms with van der Waals surface area (Å²) in [5.74, 6) is -5.99. The molecule has 1 aromatic heterocycles. The number of anilines is 1. The van der Waals surface area contributed by atoms with Gasteiger partial charge < -0.3 is 14.7 Å². The van der Waals surface area contributed by atoms with Crippen molar-refractivity contribution < 1.29 is 33.0 Å². The number of alkyl halides is 2. The number of fused-ring (bicyclic) bond motifs is 3. The van der Waals surface area contributed by atoms with Gasteiger partial charge in [0.25, 0.3) is 11.8 Å². The lowest BCUT2D eigenvalue weighted by atomic mass is 9.98. The van der Waals surface area contributed by atoms with Gasteiger partial charge in [-0.25, -0.2) is 18.4 Å². The SMILES string of the molecule is O=C(Nc1cc(C(=O)N2CC(F)(F)CC2C(=O)O)[nH]n1)OCC1c2ccccc2-c2ccccc21. The smallest absolute Gasteiger partial charge is 0.412 e. The summed E-state index contributed by atoms with van der Waals surface area (Å²) < 4.78 is 32.8. The van der Waals surface area contributed by atoms with E-state index in [9.17, 15) is 28.3 Å². The van der Waals surface area contributed by atoms with Gasteiger partial charge in [-0.1, -0.05) is 48.5 Å². The van der Waals surface area contributed by atoms with Crippen LogP contribution in [0.25, 0.3) is 11.1 Å². The summed E-state index contributed by atoms with van der Waals surface area (Å²) in [5, 5.41) is 17.7. The van der Waals surface area contributed by atoms with Crippen molar-refractivity contribution in [1.29, 1.82) is 0 Å². The van der Waals surface area contributed by atoms with Gasteiger partial charge in [-0.05, 0) is 22.3 Å². The maximum absolute atomic E-state index is 13.7. The Labute approximate surface area is 197 Å². The Kier molecular flexibility index (Phi) is 5.46. The number of H-pyrrole nitrogens is 1. The number of carboxylic acids is 1. The molecule has 0 bridgehead atoms. The van der Waals surface area contributed by atoms with E-state index in [0.29, 0.717) is 4.90 Å². The molecule has 0 saturated carbocycles. The van der Waals surface area contributed by atoms with Crippen molar-refractivity contribution in [2.24, 2.45) is 0 Å². The zero-order chi connectivity index (χ0) is 24.7. The summed E-state index contributed by atoms with van der Waals surface area (Å²) in [6.45, 7) is -0.948. The van der Waals surface area contributed by atoms with Gasteiger partial charge in [-0.3, -0.25) is 15.2 Å². The van der Waals surface area contributed by atoms with Crippen LogP contribution < -0.4 is 5.32 Å². The number of ether oxygens (including phenoxy) is 1. The summed E-state index contributed by atoms with van der Waals surface area (Å²) in [5.41, 5.74) is 4.02.